The lowest BCUT2D eigenvalue weighted by Gasteiger charge is -2.40. The molecule has 0 saturated carbocycles. The van der Waals surface area contributed by atoms with E-state index in [2.05, 4.69) is 44.8 Å². The second kappa shape index (κ2) is 3.97. The van der Waals surface area contributed by atoms with Crippen molar-refractivity contribution >= 4 is 0 Å². The largest absolute Gasteiger partial charge is 0.311 e. The minimum Gasteiger partial charge on any atom is -0.311 e. The monoisotopic (exact) mass is 184 g/mol. The average molecular weight is 184 g/mol. The molecule has 0 aromatic heterocycles. The Morgan fingerprint density at radius 3 is 2.46 bits per heavy atom. The first kappa shape index (κ1) is 11.0. The summed E-state index contributed by atoms with van der Waals surface area (Å²) < 4.78 is 0. The van der Waals surface area contributed by atoms with Crippen LogP contribution in [0.1, 0.15) is 34.6 Å². The highest BCUT2D eigenvalue weighted by molar-refractivity contribution is 4.83. The Hall–Kier alpha value is -0.0800. The zero-order chi connectivity index (χ0) is 10.1. The summed E-state index contributed by atoms with van der Waals surface area (Å²) in [7, 11) is 0. The van der Waals surface area contributed by atoms with Gasteiger partial charge in [-0.15, -0.1) is 0 Å². The zero-order valence-electron chi connectivity index (χ0n) is 9.72. The second-order valence-corrected chi connectivity index (χ2v) is 5.65. The third-order valence-corrected chi connectivity index (χ3v) is 2.57. The summed E-state index contributed by atoms with van der Waals surface area (Å²) in [4.78, 5) is 2.60. The maximum atomic E-state index is 3.51. The highest BCUT2D eigenvalue weighted by atomic mass is 15.2. The Kier molecular flexibility index (Phi) is 3.36. The van der Waals surface area contributed by atoms with Crippen molar-refractivity contribution in [3.05, 3.63) is 0 Å². The number of rotatable bonds is 1. The Balaban J connectivity index is 2.47. The topological polar surface area (TPSA) is 15.3 Å². The minimum atomic E-state index is 0.422. The van der Waals surface area contributed by atoms with Gasteiger partial charge < -0.3 is 5.32 Å². The van der Waals surface area contributed by atoms with E-state index in [1.165, 1.54) is 13.1 Å². The predicted molar refractivity (Wildman–Crippen MR) is 58.0 cm³/mol. The molecule has 0 aromatic rings. The van der Waals surface area contributed by atoms with Crippen molar-refractivity contribution in [2.75, 3.05) is 19.6 Å². The zero-order valence-corrected chi connectivity index (χ0v) is 9.72. The van der Waals surface area contributed by atoms with Crippen LogP contribution in [0, 0.1) is 5.41 Å². The third kappa shape index (κ3) is 3.65. The molecule has 0 radical (unpaired) electrons. The van der Waals surface area contributed by atoms with Crippen LogP contribution in [-0.4, -0.2) is 36.6 Å². The molecule has 1 saturated heterocycles. The summed E-state index contributed by atoms with van der Waals surface area (Å²) in [5, 5.41) is 3.51. The first-order chi connectivity index (χ1) is 5.88. The Bertz CT molecular complexity index is 160. The molecular formula is C11H24N2. The molecule has 1 aliphatic heterocycles. The van der Waals surface area contributed by atoms with E-state index in [9.17, 15) is 0 Å². The van der Waals surface area contributed by atoms with E-state index in [4.69, 9.17) is 0 Å². The Morgan fingerprint density at radius 2 is 1.92 bits per heavy atom. The van der Waals surface area contributed by atoms with Gasteiger partial charge >= 0.3 is 0 Å². The molecule has 0 aliphatic carbocycles. The van der Waals surface area contributed by atoms with Crippen molar-refractivity contribution in [1.29, 1.82) is 0 Å². The van der Waals surface area contributed by atoms with Crippen molar-refractivity contribution in [2.24, 2.45) is 5.41 Å². The predicted octanol–water partition coefficient (Wildman–Crippen LogP) is 1.71. The SMILES string of the molecule is CC1CN(CC(C)(C)C)C(C)CN1. The van der Waals surface area contributed by atoms with Crippen molar-refractivity contribution in [3.63, 3.8) is 0 Å². The maximum Gasteiger partial charge on any atom is 0.0193 e. The molecular weight excluding hydrogens is 160 g/mol. The van der Waals surface area contributed by atoms with E-state index in [-0.39, 0.29) is 0 Å². The standard InChI is InChI=1S/C11H24N2/c1-9-7-13(8-11(3,4)5)10(2)6-12-9/h9-10,12H,6-8H2,1-5H3. The van der Waals surface area contributed by atoms with Gasteiger partial charge in [-0.25, -0.2) is 0 Å². The van der Waals surface area contributed by atoms with Crippen LogP contribution < -0.4 is 5.32 Å². The molecule has 1 aliphatic rings. The normalized spacial score (nSPS) is 32.1. The first-order valence-corrected chi connectivity index (χ1v) is 5.36. The van der Waals surface area contributed by atoms with Gasteiger partial charge in [-0.05, 0) is 19.3 Å². The molecule has 0 amide bonds. The van der Waals surface area contributed by atoms with Crippen LogP contribution in [0.5, 0.6) is 0 Å². The van der Waals surface area contributed by atoms with Gasteiger partial charge in [0.1, 0.15) is 0 Å². The van der Waals surface area contributed by atoms with Gasteiger partial charge in [0.2, 0.25) is 0 Å². The summed E-state index contributed by atoms with van der Waals surface area (Å²) in [6, 6.07) is 1.34. The molecule has 1 heterocycles. The molecule has 0 bridgehead atoms. The molecule has 2 atom stereocenters. The minimum absolute atomic E-state index is 0.422. The van der Waals surface area contributed by atoms with Crippen molar-refractivity contribution in [1.82, 2.24) is 10.2 Å². The number of nitrogens with zero attached hydrogens (tertiary/aromatic N) is 1. The highest BCUT2D eigenvalue weighted by Gasteiger charge is 2.25. The van der Waals surface area contributed by atoms with Gasteiger partial charge in [-0.1, -0.05) is 20.8 Å². The molecule has 1 fully saturated rings. The van der Waals surface area contributed by atoms with Crippen molar-refractivity contribution in [3.8, 4) is 0 Å². The van der Waals surface area contributed by atoms with Gasteiger partial charge in [0.15, 0.2) is 0 Å². The average Bonchev–Trinajstić information content (AvgIpc) is 1.94. The number of piperazine rings is 1. The molecule has 13 heavy (non-hydrogen) atoms. The smallest absolute Gasteiger partial charge is 0.0193 e. The van der Waals surface area contributed by atoms with E-state index in [1.54, 1.807) is 0 Å². The lowest BCUT2D eigenvalue weighted by molar-refractivity contribution is 0.103. The Morgan fingerprint density at radius 1 is 1.31 bits per heavy atom. The van der Waals surface area contributed by atoms with E-state index < -0.39 is 0 Å². The second-order valence-electron chi connectivity index (χ2n) is 5.65. The fourth-order valence-electron chi connectivity index (χ4n) is 1.93. The van der Waals surface area contributed by atoms with Crippen molar-refractivity contribution in [2.45, 2.75) is 46.7 Å². The van der Waals surface area contributed by atoms with Crippen LogP contribution in [-0.2, 0) is 0 Å². The summed E-state index contributed by atoms with van der Waals surface area (Å²) in [6.45, 7) is 15.0. The number of hydrogen-bond acceptors (Lipinski definition) is 2. The van der Waals surface area contributed by atoms with Gasteiger partial charge in [-0.2, -0.15) is 0 Å². The van der Waals surface area contributed by atoms with Gasteiger partial charge in [0, 0.05) is 31.7 Å². The van der Waals surface area contributed by atoms with Crippen molar-refractivity contribution < 1.29 is 0 Å². The third-order valence-electron chi connectivity index (χ3n) is 2.57. The first-order valence-electron chi connectivity index (χ1n) is 5.36. The number of hydrogen-bond donors (Lipinski definition) is 1. The summed E-state index contributed by atoms with van der Waals surface area (Å²) in [6.07, 6.45) is 0. The summed E-state index contributed by atoms with van der Waals surface area (Å²) in [5.41, 5.74) is 0.422. The van der Waals surface area contributed by atoms with Gasteiger partial charge in [0.25, 0.3) is 0 Å². The van der Waals surface area contributed by atoms with Gasteiger partial charge in [-0.3, -0.25) is 4.90 Å². The quantitative estimate of drug-likeness (QED) is 0.667. The van der Waals surface area contributed by atoms with E-state index in [0.29, 0.717) is 17.5 Å². The fourth-order valence-corrected chi connectivity index (χ4v) is 1.93. The molecule has 0 aromatic carbocycles. The van der Waals surface area contributed by atoms with Crippen LogP contribution in [0.25, 0.3) is 0 Å². The molecule has 78 valence electrons. The lowest BCUT2D eigenvalue weighted by Crippen LogP contribution is -2.55. The van der Waals surface area contributed by atoms with Crippen LogP contribution in [0.4, 0.5) is 0 Å². The lowest BCUT2D eigenvalue weighted by atomic mass is 9.94. The fraction of sp³-hybridized carbons (Fsp3) is 1.00. The van der Waals surface area contributed by atoms with Crippen LogP contribution in [0.3, 0.4) is 0 Å². The van der Waals surface area contributed by atoms with E-state index in [1.807, 2.05) is 0 Å². The molecule has 2 heteroatoms. The van der Waals surface area contributed by atoms with Crippen LogP contribution in [0.15, 0.2) is 0 Å². The maximum absolute atomic E-state index is 3.51. The highest BCUT2D eigenvalue weighted by Crippen LogP contribution is 2.18. The Labute approximate surface area is 82.7 Å². The van der Waals surface area contributed by atoms with Crippen LogP contribution in [0.2, 0.25) is 0 Å². The van der Waals surface area contributed by atoms with Gasteiger partial charge in [0.05, 0.1) is 0 Å². The molecule has 1 N–H and O–H groups in total. The molecule has 1 rings (SSSR count). The number of nitrogens with one attached hydrogen (secondary N) is 1. The molecule has 0 spiro atoms. The summed E-state index contributed by atoms with van der Waals surface area (Å²) >= 11 is 0. The summed E-state index contributed by atoms with van der Waals surface area (Å²) in [5.74, 6) is 0. The van der Waals surface area contributed by atoms with E-state index >= 15 is 0 Å². The molecule has 2 unspecified atom stereocenters. The molecule has 2 nitrogen and oxygen atoms in total. The van der Waals surface area contributed by atoms with Crippen LogP contribution >= 0.6 is 0 Å². The van der Waals surface area contributed by atoms with E-state index in [0.717, 1.165) is 6.54 Å².